The van der Waals surface area contributed by atoms with E-state index in [4.69, 9.17) is 5.84 Å². The fraction of sp³-hybridized carbons (Fsp3) is 0.400. The Hall–Kier alpha value is -1.71. The smallest absolute Gasteiger partial charge is 0.242 e. The number of hydrogen-bond acceptors (Lipinski definition) is 6. The number of hydrazine groups is 1. The Morgan fingerprint density at radius 3 is 2.79 bits per heavy atom. The monoisotopic (exact) mass is 285 g/mol. The van der Waals surface area contributed by atoms with Crippen molar-refractivity contribution in [2.24, 2.45) is 5.84 Å². The van der Waals surface area contributed by atoms with Gasteiger partial charge in [0.2, 0.25) is 15.9 Å². The minimum absolute atomic E-state index is 0.0516. The standard InChI is InChI=1S/C10H15N5O3S/c11-15-9-3-2-8(6-12-9)19(17,18)13-5-7-1-4-10(16)14-7/h2-3,6-7,13H,1,4-5,11H2,(H,12,15)(H,14,16). The van der Waals surface area contributed by atoms with Gasteiger partial charge in [0.15, 0.2) is 0 Å². The first-order valence-electron chi connectivity index (χ1n) is 5.73. The highest BCUT2D eigenvalue weighted by atomic mass is 32.2. The summed E-state index contributed by atoms with van der Waals surface area (Å²) in [6.45, 7) is 0.172. The van der Waals surface area contributed by atoms with Crippen LogP contribution in [0, 0.1) is 0 Å². The van der Waals surface area contributed by atoms with Gasteiger partial charge in [-0.2, -0.15) is 0 Å². The molecule has 1 unspecified atom stereocenters. The summed E-state index contributed by atoms with van der Waals surface area (Å²) in [6, 6.07) is 2.71. The molecule has 0 aliphatic carbocycles. The van der Waals surface area contributed by atoms with Gasteiger partial charge in [0.1, 0.15) is 10.7 Å². The summed E-state index contributed by atoms with van der Waals surface area (Å²) in [5.74, 6) is 5.47. The van der Waals surface area contributed by atoms with Crippen LogP contribution in [0.2, 0.25) is 0 Å². The lowest BCUT2D eigenvalue weighted by atomic mass is 10.2. The Labute approximate surface area is 110 Å². The van der Waals surface area contributed by atoms with Gasteiger partial charge in [0, 0.05) is 25.2 Å². The second kappa shape index (κ2) is 5.51. The Kier molecular flexibility index (Phi) is 3.98. The first kappa shape index (κ1) is 13.7. The largest absolute Gasteiger partial charge is 0.352 e. The van der Waals surface area contributed by atoms with Crippen molar-refractivity contribution in [3.63, 3.8) is 0 Å². The SMILES string of the molecule is NNc1ccc(S(=O)(=O)NCC2CCC(=O)N2)cn1. The molecule has 19 heavy (non-hydrogen) atoms. The summed E-state index contributed by atoms with van der Waals surface area (Å²) in [7, 11) is -3.62. The molecule has 1 amide bonds. The molecule has 2 heterocycles. The summed E-state index contributed by atoms with van der Waals surface area (Å²) in [4.78, 5) is 14.9. The van der Waals surface area contributed by atoms with E-state index in [0.29, 0.717) is 18.7 Å². The predicted octanol–water partition coefficient (Wildman–Crippen LogP) is -1.08. The van der Waals surface area contributed by atoms with Gasteiger partial charge in [-0.25, -0.2) is 24.0 Å². The molecule has 5 N–H and O–H groups in total. The predicted molar refractivity (Wildman–Crippen MR) is 68.4 cm³/mol. The lowest BCUT2D eigenvalue weighted by Crippen LogP contribution is -2.38. The number of carbonyl (C=O) groups excluding carboxylic acids is 1. The minimum Gasteiger partial charge on any atom is -0.352 e. The van der Waals surface area contributed by atoms with Crippen molar-refractivity contribution < 1.29 is 13.2 Å². The Morgan fingerprint density at radius 1 is 1.47 bits per heavy atom. The molecule has 1 aromatic rings. The van der Waals surface area contributed by atoms with Gasteiger partial charge in [0.25, 0.3) is 0 Å². The average molecular weight is 285 g/mol. The van der Waals surface area contributed by atoms with Gasteiger partial charge in [0.05, 0.1) is 0 Å². The van der Waals surface area contributed by atoms with E-state index in [0.717, 1.165) is 0 Å². The number of aromatic nitrogens is 1. The third-order valence-electron chi connectivity index (χ3n) is 2.80. The van der Waals surface area contributed by atoms with E-state index in [-0.39, 0.29) is 23.4 Å². The van der Waals surface area contributed by atoms with Gasteiger partial charge in [-0.3, -0.25) is 4.79 Å². The Bertz CT molecular complexity index is 557. The fourth-order valence-corrected chi connectivity index (χ4v) is 2.77. The van der Waals surface area contributed by atoms with Crippen LogP contribution in [0.1, 0.15) is 12.8 Å². The van der Waals surface area contributed by atoms with Gasteiger partial charge in [-0.05, 0) is 18.6 Å². The highest BCUT2D eigenvalue weighted by Gasteiger charge is 2.23. The molecule has 0 radical (unpaired) electrons. The van der Waals surface area contributed by atoms with Gasteiger partial charge in [-0.1, -0.05) is 0 Å². The van der Waals surface area contributed by atoms with Crippen molar-refractivity contribution >= 4 is 21.7 Å². The number of sulfonamides is 1. The van der Waals surface area contributed by atoms with Gasteiger partial charge in [-0.15, -0.1) is 0 Å². The molecule has 1 aliphatic heterocycles. The van der Waals surface area contributed by atoms with Crippen molar-refractivity contribution in [1.82, 2.24) is 15.0 Å². The van der Waals surface area contributed by atoms with Gasteiger partial charge < -0.3 is 10.7 Å². The Morgan fingerprint density at radius 2 is 2.26 bits per heavy atom. The number of hydrogen-bond donors (Lipinski definition) is 4. The number of nitrogen functional groups attached to an aromatic ring is 1. The van der Waals surface area contributed by atoms with Gasteiger partial charge >= 0.3 is 0 Å². The second-order valence-electron chi connectivity index (χ2n) is 4.18. The van der Waals surface area contributed by atoms with Crippen LogP contribution in [0.5, 0.6) is 0 Å². The zero-order chi connectivity index (χ0) is 13.9. The molecule has 9 heteroatoms. The van der Waals surface area contributed by atoms with Crippen LogP contribution in [-0.4, -0.2) is 31.9 Å². The lowest BCUT2D eigenvalue weighted by Gasteiger charge is -2.11. The molecular formula is C10H15N5O3S. The number of nitrogens with zero attached hydrogens (tertiary/aromatic N) is 1. The maximum atomic E-state index is 12.0. The summed E-state index contributed by atoms with van der Waals surface area (Å²) < 4.78 is 26.4. The van der Waals surface area contributed by atoms with Crippen LogP contribution in [0.3, 0.4) is 0 Å². The van der Waals surface area contributed by atoms with Crippen molar-refractivity contribution in [3.05, 3.63) is 18.3 Å². The third kappa shape index (κ3) is 3.40. The van der Waals surface area contributed by atoms with Crippen LogP contribution in [0.4, 0.5) is 5.82 Å². The summed E-state index contributed by atoms with van der Waals surface area (Å²) in [6.07, 6.45) is 2.28. The van der Waals surface area contributed by atoms with Crippen molar-refractivity contribution in [2.75, 3.05) is 12.0 Å². The lowest BCUT2D eigenvalue weighted by molar-refractivity contribution is -0.119. The third-order valence-corrected chi connectivity index (χ3v) is 4.21. The maximum Gasteiger partial charge on any atom is 0.242 e. The van der Waals surface area contributed by atoms with Crippen molar-refractivity contribution in [1.29, 1.82) is 0 Å². The summed E-state index contributed by atoms with van der Waals surface area (Å²) >= 11 is 0. The molecule has 0 spiro atoms. The van der Waals surface area contributed by atoms with Crippen LogP contribution in [0.15, 0.2) is 23.2 Å². The zero-order valence-electron chi connectivity index (χ0n) is 10.1. The maximum absolute atomic E-state index is 12.0. The van der Waals surface area contributed by atoms with E-state index < -0.39 is 10.0 Å². The van der Waals surface area contributed by atoms with E-state index in [9.17, 15) is 13.2 Å². The first-order chi connectivity index (χ1) is 9.01. The molecule has 1 atom stereocenters. The van der Waals surface area contributed by atoms with E-state index in [2.05, 4.69) is 20.4 Å². The van der Waals surface area contributed by atoms with E-state index in [1.165, 1.54) is 18.3 Å². The summed E-state index contributed by atoms with van der Waals surface area (Å²) in [5.41, 5.74) is 2.31. The molecule has 104 valence electrons. The van der Waals surface area contributed by atoms with Crippen molar-refractivity contribution in [3.8, 4) is 0 Å². The van der Waals surface area contributed by atoms with E-state index >= 15 is 0 Å². The molecule has 2 rings (SSSR count). The highest BCUT2D eigenvalue weighted by molar-refractivity contribution is 7.89. The molecule has 0 aromatic carbocycles. The number of pyridine rings is 1. The minimum atomic E-state index is -3.62. The number of amides is 1. The molecule has 1 saturated heterocycles. The highest BCUT2D eigenvalue weighted by Crippen LogP contribution is 2.11. The molecule has 8 nitrogen and oxygen atoms in total. The molecular weight excluding hydrogens is 270 g/mol. The molecule has 0 bridgehead atoms. The Balaban J connectivity index is 1.99. The van der Waals surface area contributed by atoms with Crippen LogP contribution < -0.4 is 21.3 Å². The van der Waals surface area contributed by atoms with E-state index in [1.807, 2.05) is 0 Å². The number of nitrogens with two attached hydrogens (primary N) is 1. The molecule has 1 fully saturated rings. The number of rotatable bonds is 5. The van der Waals surface area contributed by atoms with Crippen molar-refractivity contribution in [2.45, 2.75) is 23.8 Å². The van der Waals surface area contributed by atoms with Crippen LogP contribution >= 0.6 is 0 Å². The molecule has 1 aromatic heterocycles. The van der Waals surface area contributed by atoms with Crippen LogP contribution in [0.25, 0.3) is 0 Å². The average Bonchev–Trinajstić information content (AvgIpc) is 2.82. The topological polar surface area (TPSA) is 126 Å². The quantitative estimate of drug-likeness (QED) is 0.403. The molecule has 0 saturated carbocycles. The number of nitrogens with one attached hydrogen (secondary N) is 3. The first-order valence-corrected chi connectivity index (χ1v) is 7.21. The molecule has 1 aliphatic rings. The normalized spacial score (nSPS) is 19.2. The number of anilines is 1. The fourth-order valence-electron chi connectivity index (χ4n) is 1.75. The second-order valence-corrected chi connectivity index (χ2v) is 5.95. The number of carbonyl (C=O) groups is 1. The van der Waals surface area contributed by atoms with Crippen LogP contribution in [-0.2, 0) is 14.8 Å². The summed E-state index contributed by atoms with van der Waals surface area (Å²) in [5, 5.41) is 2.69. The van der Waals surface area contributed by atoms with E-state index in [1.54, 1.807) is 0 Å². The zero-order valence-corrected chi connectivity index (χ0v) is 10.9.